The van der Waals surface area contributed by atoms with Crippen LogP contribution in [0, 0.1) is 15.9 Å². The van der Waals surface area contributed by atoms with Gasteiger partial charge in [-0.05, 0) is 60.2 Å². The topological polar surface area (TPSA) is 120 Å². The minimum Gasteiger partial charge on any atom is -0.467 e. The molecule has 190 valence electrons. The van der Waals surface area contributed by atoms with Crippen molar-refractivity contribution in [2.24, 2.45) is 0 Å². The van der Waals surface area contributed by atoms with Crippen molar-refractivity contribution < 1.29 is 31.1 Å². The molecule has 37 heavy (non-hydrogen) atoms. The monoisotopic (exact) mass is 544 g/mol. The Bertz CT molecular complexity index is 1540. The number of carbonyl (C=O) groups excluding carboxylic acids is 1. The average molecular weight is 545 g/mol. The second-order valence-electron chi connectivity index (χ2n) is 7.80. The van der Waals surface area contributed by atoms with E-state index in [-0.39, 0.29) is 40.0 Å². The van der Waals surface area contributed by atoms with E-state index in [2.05, 4.69) is 0 Å². The van der Waals surface area contributed by atoms with E-state index in [0.29, 0.717) is 11.3 Å². The molecule has 0 bridgehead atoms. The highest BCUT2D eigenvalue weighted by atomic mass is 35.5. The van der Waals surface area contributed by atoms with E-state index in [1.165, 1.54) is 35.4 Å². The Labute approximate surface area is 215 Å². The molecule has 0 aliphatic carbocycles. The number of furan rings is 1. The van der Waals surface area contributed by atoms with Gasteiger partial charge in [0.05, 0.1) is 28.3 Å². The Hall–Kier alpha value is -4.22. The predicted molar refractivity (Wildman–Crippen MR) is 131 cm³/mol. The van der Waals surface area contributed by atoms with Crippen LogP contribution in [0.15, 0.2) is 94.4 Å². The molecule has 1 aromatic heterocycles. The summed E-state index contributed by atoms with van der Waals surface area (Å²) in [6.45, 7) is 0.0404. The Morgan fingerprint density at radius 3 is 2.43 bits per heavy atom. The summed E-state index contributed by atoms with van der Waals surface area (Å²) in [5.41, 5.74) is 0.307. The maximum atomic E-state index is 13.4. The third kappa shape index (κ3) is 6.32. The molecule has 0 saturated heterocycles. The molecule has 0 saturated carbocycles. The smallest absolute Gasteiger partial charge is 0.339 e. The molecule has 3 aromatic carbocycles. The molecular weight excluding hydrogens is 527 g/mol. The summed E-state index contributed by atoms with van der Waals surface area (Å²) in [4.78, 5) is 25.0. The Morgan fingerprint density at radius 1 is 1.03 bits per heavy atom. The highest BCUT2D eigenvalue weighted by Gasteiger charge is 2.23. The van der Waals surface area contributed by atoms with Crippen molar-refractivity contribution in [2.75, 3.05) is 0 Å². The van der Waals surface area contributed by atoms with Gasteiger partial charge in [0.25, 0.3) is 11.6 Å². The number of nitro benzene ring substituents is 1. The number of amides is 1. The van der Waals surface area contributed by atoms with Crippen LogP contribution in [-0.4, -0.2) is 24.1 Å². The second-order valence-corrected chi connectivity index (χ2v) is 9.75. The second kappa shape index (κ2) is 10.8. The molecule has 12 heteroatoms. The fourth-order valence-corrected chi connectivity index (χ4v) is 4.62. The average Bonchev–Trinajstić information content (AvgIpc) is 3.36. The summed E-state index contributed by atoms with van der Waals surface area (Å²) in [5, 5.41) is 10.9. The van der Waals surface area contributed by atoms with E-state index in [0.717, 1.165) is 30.3 Å². The van der Waals surface area contributed by atoms with Crippen LogP contribution < -0.4 is 4.18 Å². The summed E-state index contributed by atoms with van der Waals surface area (Å²) in [5.74, 6) is -0.657. The van der Waals surface area contributed by atoms with E-state index >= 15 is 0 Å². The number of benzene rings is 3. The van der Waals surface area contributed by atoms with Gasteiger partial charge in [0.15, 0.2) is 0 Å². The van der Waals surface area contributed by atoms with Gasteiger partial charge in [-0.15, -0.1) is 0 Å². The number of hydrogen-bond donors (Lipinski definition) is 0. The molecule has 1 amide bonds. The lowest BCUT2D eigenvalue weighted by Crippen LogP contribution is -2.30. The van der Waals surface area contributed by atoms with Crippen LogP contribution in [-0.2, 0) is 23.2 Å². The molecule has 0 aliphatic rings. The quantitative estimate of drug-likeness (QED) is 0.153. The van der Waals surface area contributed by atoms with Crippen LogP contribution in [0.5, 0.6) is 5.75 Å². The molecule has 0 unspecified atom stereocenters. The van der Waals surface area contributed by atoms with Crippen molar-refractivity contribution in [3.63, 3.8) is 0 Å². The lowest BCUT2D eigenvalue weighted by molar-refractivity contribution is -0.384. The molecule has 0 atom stereocenters. The first-order valence-corrected chi connectivity index (χ1v) is 12.5. The number of hydrogen-bond acceptors (Lipinski definition) is 7. The molecule has 1 heterocycles. The van der Waals surface area contributed by atoms with Crippen LogP contribution in [0.3, 0.4) is 0 Å². The molecule has 0 N–H and O–H groups in total. The van der Waals surface area contributed by atoms with Gasteiger partial charge in [-0.25, -0.2) is 4.39 Å². The molecule has 0 aliphatic heterocycles. The van der Waals surface area contributed by atoms with Gasteiger partial charge >= 0.3 is 10.1 Å². The standard InChI is InChI=1S/C25H18ClFN2O7S/c26-24-14-19(29(31)32)8-11-23(24)25(30)28(16-21-5-2-12-35-21)15-17-3-1-4-20(13-17)36-37(33,34)22-9-6-18(27)7-10-22/h1-14H,15-16H2. The molecular formula is C25H18ClFN2O7S. The zero-order chi connectivity index (χ0) is 26.6. The number of non-ortho nitro benzene ring substituents is 1. The summed E-state index contributed by atoms with van der Waals surface area (Å²) in [6, 6.07) is 17.2. The predicted octanol–water partition coefficient (Wildman–Crippen LogP) is 5.59. The summed E-state index contributed by atoms with van der Waals surface area (Å²) >= 11 is 6.18. The van der Waals surface area contributed by atoms with Crippen LogP contribution in [0.1, 0.15) is 21.7 Å². The van der Waals surface area contributed by atoms with E-state index < -0.39 is 26.8 Å². The van der Waals surface area contributed by atoms with Crippen LogP contribution in [0.25, 0.3) is 0 Å². The third-order valence-corrected chi connectivity index (χ3v) is 6.76. The van der Waals surface area contributed by atoms with Crippen molar-refractivity contribution in [1.82, 2.24) is 4.90 Å². The normalized spacial score (nSPS) is 11.2. The highest BCUT2D eigenvalue weighted by Crippen LogP contribution is 2.26. The fraction of sp³-hybridized carbons (Fsp3) is 0.0800. The summed E-state index contributed by atoms with van der Waals surface area (Å²) < 4.78 is 48.9. The number of nitrogens with zero attached hydrogens (tertiary/aromatic N) is 2. The molecule has 0 radical (unpaired) electrons. The van der Waals surface area contributed by atoms with Gasteiger partial charge in [0.1, 0.15) is 22.2 Å². The van der Waals surface area contributed by atoms with Crippen molar-refractivity contribution in [2.45, 2.75) is 18.0 Å². The van der Waals surface area contributed by atoms with Gasteiger partial charge in [-0.2, -0.15) is 8.42 Å². The first-order valence-electron chi connectivity index (χ1n) is 10.7. The largest absolute Gasteiger partial charge is 0.467 e. The van der Waals surface area contributed by atoms with E-state index in [1.807, 2.05) is 0 Å². The van der Waals surface area contributed by atoms with E-state index in [1.54, 1.807) is 24.3 Å². The van der Waals surface area contributed by atoms with Gasteiger partial charge in [0.2, 0.25) is 0 Å². The minimum absolute atomic E-state index is 0.000640. The fourth-order valence-electron chi connectivity index (χ4n) is 3.44. The lowest BCUT2D eigenvalue weighted by atomic mass is 10.1. The van der Waals surface area contributed by atoms with Crippen LogP contribution in [0.4, 0.5) is 10.1 Å². The first-order chi connectivity index (χ1) is 17.6. The molecule has 0 fully saturated rings. The van der Waals surface area contributed by atoms with Crippen molar-refractivity contribution in [1.29, 1.82) is 0 Å². The maximum absolute atomic E-state index is 13.4. The van der Waals surface area contributed by atoms with Crippen LogP contribution >= 0.6 is 11.6 Å². The zero-order valence-corrected chi connectivity index (χ0v) is 20.5. The molecule has 4 rings (SSSR count). The first kappa shape index (κ1) is 25.9. The molecule has 9 nitrogen and oxygen atoms in total. The van der Waals surface area contributed by atoms with Crippen LogP contribution in [0.2, 0.25) is 5.02 Å². The zero-order valence-electron chi connectivity index (χ0n) is 18.9. The van der Waals surface area contributed by atoms with Crippen molar-refractivity contribution in [3.05, 3.63) is 123 Å². The van der Waals surface area contributed by atoms with Crippen molar-refractivity contribution in [3.8, 4) is 5.75 Å². The molecule has 4 aromatic rings. The summed E-state index contributed by atoms with van der Waals surface area (Å²) in [6.07, 6.45) is 1.45. The highest BCUT2D eigenvalue weighted by molar-refractivity contribution is 7.87. The van der Waals surface area contributed by atoms with Gasteiger partial charge in [-0.3, -0.25) is 14.9 Å². The maximum Gasteiger partial charge on any atom is 0.339 e. The Kier molecular flexibility index (Phi) is 7.55. The van der Waals surface area contributed by atoms with E-state index in [9.17, 15) is 27.7 Å². The Balaban J connectivity index is 1.60. The van der Waals surface area contributed by atoms with Gasteiger partial charge < -0.3 is 13.5 Å². The lowest BCUT2D eigenvalue weighted by Gasteiger charge is -2.23. The van der Waals surface area contributed by atoms with Crippen molar-refractivity contribution >= 4 is 33.3 Å². The number of halogens is 2. The van der Waals surface area contributed by atoms with Gasteiger partial charge in [-0.1, -0.05) is 23.7 Å². The summed E-state index contributed by atoms with van der Waals surface area (Å²) in [7, 11) is -4.23. The number of carbonyl (C=O) groups is 1. The van der Waals surface area contributed by atoms with E-state index in [4.69, 9.17) is 20.2 Å². The van der Waals surface area contributed by atoms with Gasteiger partial charge in [0, 0.05) is 18.7 Å². The molecule has 0 spiro atoms. The third-order valence-electron chi connectivity index (χ3n) is 5.19. The number of rotatable bonds is 9. The number of nitro groups is 1. The minimum atomic E-state index is -4.23. The Morgan fingerprint density at radius 2 is 1.78 bits per heavy atom. The SMILES string of the molecule is O=C(c1ccc([N+](=O)[O-])cc1Cl)N(Cc1cccc(OS(=O)(=O)c2ccc(F)cc2)c1)Cc1ccco1.